The smallest absolute Gasteiger partial charge is 0.380 e. The van der Waals surface area contributed by atoms with Gasteiger partial charge >= 0.3 is 5.97 Å². The van der Waals surface area contributed by atoms with E-state index in [2.05, 4.69) is 0 Å². The topological polar surface area (TPSA) is 39.4 Å². The van der Waals surface area contributed by atoms with E-state index in [0.717, 1.165) is 5.39 Å². The van der Waals surface area contributed by atoms with Gasteiger partial charge < -0.3 is 9.15 Å². The summed E-state index contributed by atoms with van der Waals surface area (Å²) in [7, 11) is 0. The van der Waals surface area contributed by atoms with Crippen LogP contribution in [0.3, 0.4) is 0 Å². The summed E-state index contributed by atoms with van der Waals surface area (Å²) in [4.78, 5) is 12.1. The van der Waals surface area contributed by atoms with Crippen molar-refractivity contribution in [3.8, 4) is 5.75 Å². The molecule has 0 aliphatic carbocycles. The molecule has 0 N–H and O–H groups in total. The molecular formula is C16H10ClFO3. The van der Waals surface area contributed by atoms with E-state index in [4.69, 9.17) is 20.8 Å². The second-order valence-corrected chi connectivity index (χ2v) is 4.95. The highest BCUT2D eigenvalue weighted by atomic mass is 35.5. The van der Waals surface area contributed by atoms with Crippen molar-refractivity contribution in [3.05, 3.63) is 64.6 Å². The van der Waals surface area contributed by atoms with Crippen LogP contribution >= 0.6 is 11.6 Å². The Hall–Kier alpha value is -2.33. The average molecular weight is 305 g/mol. The highest BCUT2D eigenvalue weighted by Crippen LogP contribution is 2.29. The molecule has 0 bridgehead atoms. The molecule has 1 heterocycles. The lowest BCUT2D eigenvalue weighted by Crippen LogP contribution is -2.09. The third kappa shape index (κ3) is 2.50. The zero-order valence-electron chi connectivity index (χ0n) is 11.0. The quantitative estimate of drug-likeness (QED) is 0.506. The number of rotatable bonds is 2. The molecule has 1 aromatic heterocycles. The zero-order valence-corrected chi connectivity index (χ0v) is 11.8. The van der Waals surface area contributed by atoms with Crippen LogP contribution in [0.15, 0.2) is 46.9 Å². The Morgan fingerprint density at radius 2 is 2.00 bits per heavy atom. The maximum absolute atomic E-state index is 13.5. The van der Waals surface area contributed by atoms with Gasteiger partial charge in [0.2, 0.25) is 5.76 Å². The molecule has 106 valence electrons. The first-order valence-electron chi connectivity index (χ1n) is 6.21. The van der Waals surface area contributed by atoms with E-state index in [9.17, 15) is 9.18 Å². The van der Waals surface area contributed by atoms with Crippen molar-refractivity contribution in [3.63, 3.8) is 0 Å². The maximum atomic E-state index is 13.5. The molecule has 3 rings (SSSR count). The van der Waals surface area contributed by atoms with Gasteiger partial charge in [0.25, 0.3) is 0 Å². The molecule has 0 saturated carbocycles. The van der Waals surface area contributed by atoms with Gasteiger partial charge in [0, 0.05) is 16.0 Å². The molecule has 2 aromatic carbocycles. The minimum atomic E-state index is -0.745. The van der Waals surface area contributed by atoms with Crippen LogP contribution in [0.4, 0.5) is 4.39 Å². The molecule has 21 heavy (non-hydrogen) atoms. The Kier molecular flexibility index (Phi) is 3.39. The average Bonchev–Trinajstić information content (AvgIpc) is 2.79. The SMILES string of the molecule is Cc1c(C(=O)Oc2ccccc2F)oc2ccc(Cl)cc12. The number of carbonyl (C=O) groups is 1. The molecule has 0 fully saturated rings. The highest BCUT2D eigenvalue weighted by molar-refractivity contribution is 6.31. The van der Waals surface area contributed by atoms with Crippen molar-refractivity contribution in [2.45, 2.75) is 6.92 Å². The van der Waals surface area contributed by atoms with E-state index in [1.165, 1.54) is 18.2 Å². The Morgan fingerprint density at radius 3 is 2.76 bits per heavy atom. The van der Waals surface area contributed by atoms with Gasteiger partial charge in [-0.1, -0.05) is 23.7 Å². The number of fused-ring (bicyclic) bond motifs is 1. The van der Waals surface area contributed by atoms with Gasteiger partial charge in [-0.2, -0.15) is 0 Å². The van der Waals surface area contributed by atoms with Crippen molar-refractivity contribution >= 4 is 28.5 Å². The van der Waals surface area contributed by atoms with E-state index in [1.807, 2.05) is 0 Å². The molecular weight excluding hydrogens is 295 g/mol. The van der Waals surface area contributed by atoms with Crippen molar-refractivity contribution < 1.29 is 18.3 Å². The van der Waals surface area contributed by atoms with E-state index < -0.39 is 11.8 Å². The Labute approximate surface area is 124 Å². The first-order valence-corrected chi connectivity index (χ1v) is 6.59. The summed E-state index contributed by atoms with van der Waals surface area (Å²) in [6.45, 7) is 1.72. The number of hydrogen-bond donors (Lipinski definition) is 0. The predicted molar refractivity (Wildman–Crippen MR) is 77.3 cm³/mol. The summed E-state index contributed by atoms with van der Waals surface area (Å²) < 4.78 is 24.0. The summed E-state index contributed by atoms with van der Waals surface area (Å²) >= 11 is 5.92. The number of halogens is 2. The maximum Gasteiger partial charge on any atom is 0.380 e. The molecule has 5 heteroatoms. The van der Waals surface area contributed by atoms with Crippen molar-refractivity contribution in [2.24, 2.45) is 0 Å². The minimum Gasteiger partial charge on any atom is -0.449 e. The molecule has 0 unspecified atom stereocenters. The summed E-state index contributed by atoms with van der Waals surface area (Å²) in [6.07, 6.45) is 0. The lowest BCUT2D eigenvalue weighted by Gasteiger charge is -2.03. The van der Waals surface area contributed by atoms with E-state index in [1.54, 1.807) is 31.2 Å². The lowest BCUT2D eigenvalue weighted by atomic mass is 10.1. The first-order chi connectivity index (χ1) is 10.1. The third-order valence-corrected chi connectivity index (χ3v) is 3.36. The van der Waals surface area contributed by atoms with Gasteiger partial charge in [0.05, 0.1) is 0 Å². The number of benzene rings is 2. The van der Waals surface area contributed by atoms with Crippen LogP contribution in [0.1, 0.15) is 16.1 Å². The zero-order chi connectivity index (χ0) is 15.0. The molecule has 3 nitrogen and oxygen atoms in total. The number of ether oxygens (including phenoxy) is 1. The van der Waals surface area contributed by atoms with Crippen LogP contribution in [-0.2, 0) is 0 Å². The van der Waals surface area contributed by atoms with Gasteiger partial charge in [-0.3, -0.25) is 0 Å². The van der Waals surface area contributed by atoms with Crippen LogP contribution in [0.2, 0.25) is 5.02 Å². The van der Waals surface area contributed by atoms with Crippen LogP contribution in [0.5, 0.6) is 5.75 Å². The highest BCUT2D eigenvalue weighted by Gasteiger charge is 2.20. The van der Waals surface area contributed by atoms with Crippen LogP contribution < -0.4 is 4.74 Å². The van der Waals surface area contributed by atoms with Crippen molar-refractivity contribution in [1.82, 2.24) is 0 Å². The number of furan rings is 1. The molecule has 3 aromatic rings. The van der Waals surface area contributed by atoms with Gasteiger partial charge in [0.15, 0.2) is 11.6 Å². The molecule has 0 aliphatic rings. The molecule has 0 aliphatic heterocycles. The first kappa shape index (κ1) is 13.6. The molecule has 0 saturated heterocycles. The third-order valence-electron chi connectivity index (χ3n) is 3.12. The summed E-state index contributed by atoms with van der Waals surface area (Å²) in [6, 6.07) is 10.7. The van der Waals surface area contributed by atoms with Crippen LogP contribution in [0.25, 0.3) is 11.0 Å². The fraction of sp³-hybridized carbons (Fsp3) is 0.0625. The van der Waals surface area contributed by atoms with Crippen LogP contribution in [0, 0.1) is 12.7 Å². The fourth-order valence-corrected chi connectivity index (χ4v) is 2.23. The number of hydrogen-bond acceptors (Lipinski definition) is 3. The molecule has 0 amide bonds. The second-order valence-electron chi connectivity index (χ2n) is 4.52. The van der Waals surface area contributed by atoms with Crippen molar-refractivity contribution in [1.29, 1.82) is 0 Å². The Morgan fingerprint density at radius 1 is 1.24 bits per heavy atom. The second kappa shape index (κ2) is 5.22. The van der Waals surface area contributed by atoms with Gasteiger partial charge in [-0.15, -0.1) is 0 Å². The number of esters is 1. The number of aryl methyl sites for hydroxylation is 1. The van der Waals surface area contributed by atoms with E-state index in [-0.39, 0.29) is 11.5 Å². The largest absolute Gasteiger partial charge is 0.449 e. The summed E-state index contributed by atoms with van der Waals surface area (Å²) in [5.41, 5.74) is 1.13. The molecule has 0 radical (unpaired) electrons. The molecule has 0 atom stereocenters. The molecule has 0 spiro atoms. The van der Waals surface area contributed by atoms with Gasteiger partial charge in [-0.25, -0.2) is 9.18 Å². The normalized spacial score (nSPS) is 10.8. The Bertz CT molecular complexity index is 839. The van der Waals surface area contributed by atoms with E-state index >= 15 is 0 Å². The number of para-hydroxylation sites is 1. The van der Waals surface area contributed by atoms with Crippen LogP contribution in [-0.4, -0.2) is 5.97 Å². The van der Waals surface area contributed by atoms with E-state index in [0.29, 0.717) is 16.2 Å². The Balaban J connectivity index is 1.99. The monoisotopic (exact) mass is 304 g/mol. The minimum absolute atomic E-state index is 0.0375. The van der Waals surface area contributed by atoms with Crippen molar-refractivity contribution in [2.75, 3.05) is 0 Å². The number of carbonyl (C=O) groups excluding carboxylic acids is 1. The standard InChI is InChI=1S/C16H10ClFO3/c1-9-11-8-10(17)6-7-13(11)20-15(9)16(19)21-14-5-3-2-4-12(14)18/h2-8H,1H3. The summed E-state index contributed by atoms with van der Waals surface area (Å²) in [5.74, 6) is -1.46. The van der Waals surface area contributed by atoms with Gasteiger partial charge in [0.1, 0.15) is 5.58 Å². The lowest BCUT2D eigenvalue weighted by molar-refractivity contribution is 0.0696. The summed E-state index contributed by atoms with van der Waals surface area (Å²) in [5, 5.41) is 1.27. The predicted octanol–water partition coefficient (Wildman–Crippen LogP) is 4.75. The van der Waals surface area contributed by atoms with Gasteiger partial charge in [-0.05, 0) is 37.3 Å². The fourth-order valence-electron chi connectivity index (χ4n) is 2.06.